The number of nitrogens with zero attached hydrogens (tertiary/aromatic N) is 2. The first-order valence-electron chi connectivity index (χ1n) is 9.39. The third-order valence-corrected chi connectivity index (χ3v) is 5.10. The van der Waals surface area contributed by atoms with Gasteiger partial charge in [-0.2, -0.15) is 0 Å². The molecule has 1 unspecified atom stereocenters. The summed E-state index contributed by atoms with van der Waals surface area (Å²) in [7, 11) is 1.85. The van der Waals surface area contributed by atoms with E-state index in [1.54, 1.807) is 4.90 Å². The van der Waals surface area contributed by atoms with E-state index in [4.69, 9.17) is 9.26 Å². The normalized spacial score (nSPS) is 11.9. The minimum atomic E-state index is 0.0337. The Morgan fingerprint density at radius 2 is 1.79 bits per heavy atom. The highest BCUT2D eigenvalue weighted by molar-refractivity contribution is 5.79. The summed E-state index contributed by atoms with van der Waals surface area (Å²) in [5, 5.41) is 3.93. The van der Waals surface area contributed by atoms with Crippen LogP contribution in [0.2, 0.25) is 0 Å². The summed E-state index contributed by atoms with van der Waals surface area (Å²) in [5.41, 5.74) is 3.90. The summed E-state index contributed by atoms with van der Waals surface area (Å²) in [6.45, 7) is 6.23. The molecular formula is C23H26N2O3. The maximum absolute atomic E-state index is 12.6. The summed E-state index contributed by atoms with van der Waals surface area (Å²) in [6, 6.07) is 17.7. The van der Waals surface area contributed by atoms with Gasteiger partial charge < -0.3 is 14.2 Å². The molecule has 1 aromatic heterocycles. The highest BCUT2D eigenvalue weighted by atomic mass is 16.5. The Bertz CT molecular complexity index is 897. The summed E-state index contributed by atoms with van der Waals surface area (Å²) < 4.78 is 11.0. The van der Waals surface area contributed by atoms with Crippen LogP contribution in [0.25, 0.3) is 0 Å². The van der Waals surface area contributed by atoms with Gasteiger partial charge in [0.25, 0.3) is 0 Å². The van der Waals surface area contributed by atoms with Crippen LogP contribution in [0, 0.1) is 13.8 Å². The number of aryl methyl sites for hydroxylation is 2. The van der Waals surface area contributed by atoms with E-state index in [2.05, 4.69) is 5.16 Å². The van der Waals surface area contributed by atoms with Crippen LogP contribution in [0.1, 0.15) is 41.1 Å². The zero-order valence-corrected chi connectivity index (χ0v) is 16.8. The van der Waals surface area contributed by atoms with E-state index in [0.29, 0.717) is 13.0 Å². The molecular weight excluding hydrogens is 352 g/mol. The van der Waals surface area contributed by atoms with E-state index in [0.717, 1.165) is 33.9 Å². The van der Waals surface area contributed by atoms with Gasteiger partial charge >= 0.3 is 0 Å². The molecule has 0 saturated carbocycles. The third-order valence-electron chi connectivity index (χ3n) is 5.10. The lowest BCUT2D eigenvalue weighted by Gasteiger charge is -2.25. The van der Waals surface area contributed by atoms with E-state index < -0.39 is 0 Å². The van der Waals surface area contributed by atoms with Crippen LogP contribution in [0.15, 0.2) is 59.1 Å². The molecule has 0 spiro atoms. The van der Waals surface area contributed by atoms with Crippen LogP contribution >= 0.6 is 0 Å². The van der Waals surface area contributed by atoms with Crippen molar-refractivity contribution < 1.29 is 14.1 Å². The SMILES string of the molecule is Cc1noc(C)c1COc1ccc(CC(=O)N(C)C(C)c2ccccc2)cc1. The lowest BCUT2D eigenvalue weighted by Crippen LogP contribution is -2.30. The second-order valence-electron chi connectivity index (χ2n) is 7.00. The van der Waals surface area contributed by atoms with Crippen molar-refractivity contribution in [3.8, 4) is 5.75 Å². The zero-order valence-electron chi connectivity index (χ0n) is 16.8. The molecule has 5 heteroatoms. The minimum Gasteiger partial charge on any atom is -0.489 e. The fourth-order valence-corrected chi connectivity index (χ4v) is 3.04. The Hall–Kier alpha value is -3.08. The van der Waals surface area contributed by atoms with Gasteiger partial charge in [0, 0.05) is 7.05 Å². The summed E-state index contributed by atoms with van der Waals surface area (Å²) in [4.78, 5) is 14.4. The maximum atomic E-state index is 12.6. The Morgan fingerprint density at radius 3 is 2.39 bits per heavy atom. The highest BCUT2D eigenvalue weighted by Crippen LogP contribution is 2.21. The highest BCUT2D eigenvalue weighted by Gasteiger charge is 2.17. The molecule has 146 valence electrons. The number of amides is 1. The molecule has 1 heterocycles. The first-order chi connectivity index (χ1) is 13.5. The lowest BCUT2D eigenvalue weighted by molar-refractivity contribution is -0.131. The van der Waals surface area contributed by atoms with Gasteiger partial charge in [-0.05, 0) is 44.0 Å². The van der Waals surface area contributed by atoms with Crippen LogP contribution < -0.4 is 4.74 Å². The van der Waals surface area contributed by atoms with E-state index in [1.807, 2.05) is 82.4 Å². The molecule has 0 aliphatic rings. The van der Waals surface area contributed by atoms with Gasteiger partial charge in [0.2, 0.25) is 5.91 Å². The molecule has 3 aromatic rings. The first-order valence-corrected chi connectivity index (χ1v) is 9.39. The van der Waals surface area contributed by atoms with Gasteiger partial charge in [0.05, 0.1) is 23.7 Å². The van der Waals surface area contributed by atoms with Gasteiger partial charge in [0.1, 0.15) is 18.1 Å². The smallest absolute Gasteiger partial charge is 0.227 e. The number of hydrogen-bond acceptors (Lipinski definition) is 4. The number of carbonyl (C=O) groups excluding carboxylic acids is 1. The maximum Gasteiger partial charge on any atom is 0.227 e. The molecule has 0 N–H and O–H groups in total. The Kier molecular flexibility index (Phi) is 6.14. The molecule has 3 rings (SSSR count). The van der Waals surface area contributed by atoms with Gasteiger partial charge in [-0.15, -0.1) is 0 Å². The van der Waals surface area contributed by atoms with Crippen molar-refractivity contribution in [2.75, 3.05) is 7.05 Å². The topological polar surface area (TPSA) is 55.6 Å². The molecule has 0 aliphatic carbocycles. The van der Waals surface area contributed by atoms with E-state index in [-0.39, 0.29) is 11.9 Å². The second kappa shape index (κ2) is 8.74. The number of aromatic nitrogens is 1. The molecule has 5 nitrogen and oxygen atoms in total. The van der Waals surface area contributed by atoms with E-state index in [9.17, 15) is 4.79 Å². The summed E-state index contributed by atoms with van der Waals surface area (Å²) >= 11 is 0. The molecule has 0 aliphatic heterocycles. The average molecular weight is 378 g/mol. The molecule has 0 radical (unpaired) electrons. The number of hydrogen-bond donors (Lipinski definition) is 0. The zero-order chi connectivity index (χ0) is 20.1. The molecule has 1 atom stereocenters. The van der Waals surface area contributed by atoms with Crippen LogP contribution in [0.4, 0.5) is 0 Å². The van der Waals surface area contributed by atoms with Crippen molar-refractivity contribution in [3.05, 3.63) is 82.7 Å². The minimum absolute atomic E-state index is 0.0337. The fourth-order valence-electron chi connectivity index (χ4n) is 3.04. The first kappa shape index (κ1) is 19.7. The molecule has 0 bridgehead atoms. The Morgan fingerprint density at radius 1 is 1.11 bits per heavy atom. The lowest BCUT2D eigenvalue weighted by atomic mass is 10.1. The molecule has 28 heavy (non-hydrogen) atoms. The van der Waals surface area contributed by atoms with Crippen molar-refractivity contribution >= 4 is 5.91 Å². The predicted octanol–water partition coefficient (Wildman–Crippen LogP) is 4.63. The van der Waals surface area contributed by atoms with Gasteiger partial charge in [-0.1, -0.05) is 47.6 Å². The number of ether oxygens (including phenoxy) is 1. The van der Waals surface area contributed by atoms with Crippen LogP contribution in [0.3, 0.4) is 0 Å². The van der Waals surface area contributed by atoms with Gasteiger partial charge in [0.15, 0.2) is 0 Å². The average Bonchev–Trinajstić information content (AvgIpc) is 3.04. The quantitative estimate of drug-likeness (QED) is 0.601. The van der Waals surface area contributed by atoms with Crippen molar-refractivity contribution in [1.29, 1.82) is 0 Å². The van der Waals surface area contributed by atoms with Crippen LogP contribution in [-0.2, 0) is 17.8 Å². The van der Waals surface area contributed by atoms with Crippen molar-refractivity contribution in [1.82, 2.24) is 10.1 Å². The molecule has 2 aromatic carbocycles. The second-order valence-corrected chi connectivity index (χ2v) is 7.00. The Labute approximate surface area is 165 Å². The summed E-state index contributed by atoms with van der Waals surface area (Å²) in [5.74, 6) is 1.61. The van der Waals surface area contributed by atoms with Crippen molar-refractivity contribution in [2.45, 2.75) is 39.8 Å². The predicted molar refractivity (Wildman–Crippen MR) is 108 cm³/mol. The fraction of sp³-hybridized carbons (Fsp3) is 0.304. The number of rotatable bonds is 7. The monoisotopic (exact) mass is 378 g/mol. The third kappa shape index (κ3) is 4.60. The van der Waals surface area contributed by atoms with Crippen molar-refractivity contribution in [2.24, 2.45) is 0 Å². The number of benzene rings is 2. The largest absolute Gasteiger partial charge is 0.489 e. The van der Waals surface area contributed by atoms with Crippen molar-refractivity contribution in [3.63, 3.8) is 0 Å². The van der Waals surface area contributed by atoms with E-state index >= 15 is 0 Å². The summed E-state index contributed by atoms with van der Waals surface area (Å²) in [6.07, 6.45) is 0.359. The number of carbonyl (C=O) groups is 1. The molecule has 0 fully saturated rings. The van der Waals surface area contributed by atoms with Crippen LogP contribution in [-0.4, -0.2) is 23.0 Å². The van der Waals surface area contributed by atoms with Gasteiger partial charge in [-0.3, -0.25) is 4.79 Å². The van der Waals surface area contributed by atoms with Gasteiger partial charge in [-0.25, -0.2) is 0 Å². The van der Waals surface area contributed by atoms with E-state index in [1.165, 1.54) is 0 Å². The molecule has 1 amide bonds. The Balaban J connectivity index is 1.57. The van der Waals surface area contributed by atoms with Crippen LogP contribution in [0.5, 0.6) is 5.75 Å². The molecule has 0 saturated heterocycles. The standard InChI is InChI=1S/C23H26N2O3/c1-16-22(18(3)28-24-16)15-27-21-12-10-19(11-13-21)14-23(26)25(4)17(2)20-8-6-5-7-9-20/h5-13,17H,14-15H2,1-4H3. The number of likely N-dealkylation sites (N-methyl/N-ethyl adjacent to an activating group) is 1.